The molecule has 0 radical (unpaired) electrons. The zero-order valence-electron chi connectivity index (χ0n) is 22.8. The number of carbonyl (C=O) groups excluding carboxylic acids is 2. The summed E-state index contributed by atoms with van der Waals surface area (Å²) in [5.74, 6) is -0.100. The Hall–Kier alpha value is -2.58. The second-order valence-corrected chi connectivity index (χ2v) is 12.2. The summed E-state index contributed by atoms with van der Waals surface area (Å²) in [6, 6.07) is 12.1. The van der Waals surface area contributed by atoms with E-state index < -0.39 is 16.1 Å². The zero-order chi connectivity index (χ0) is 27.8. The molecule has 0 aromatic heterocycles. The van der Waals surface area contributed by atoms with Crippen LogP contribution >= 0.6 is 11.6 Å². The summed E-state index contributed by atoms with van der Waals surface area (Å²) >= 11 is 6.03. The van der Waals surface area contributed by atoms with Crippen LogP contribution in [0.3, 0.4) is 0 Å². The lowest BCUT2D eigenvalue weighted by Crippen LogP contribution is -2.49. The van der Waals surface area contributed by atoms with E-state index in [0.29, 0.717) is 30.1 Å². The Bertz CT molecular complexity index is 1170. The van der Waals surface area contributed by atoms with Gasteiger partial charge in [0.05, 0.1) is 11.9 Å². The SMILES string of the molecule is CC[C@@H](C(=O)NCC(C)C)N(Cc1ccc(Cl)cc1)C(=O)CCCN(c1cccc(C)c1C)S(C)(=O)=O. The van der Waals surface area contributed by atoms with E-state index in [1.807, 2.05) is 58.9 Å². The quantitative estimate of drug-likeness (QED) is 0.377. The van der Waals surface area contributed by atoms with E-state index in [-0.39, 0.29) is 37.2 Å². The van der Waals surface area contributed by atoms with Crippen LogP contribution in [-0.4, -0.2) is 50.5 Å². The molecule has 9 heteroatoms. The van der Waals surface area contributed by atoms with Crippen molar-refractivity contribution < 1.29 is 18.0 Å². The molecule has 37 heavy (non-hydrogen) atoms. The summed E-state index contributed by atoms with van der Waals surface area (Å²) < 4.78 is 26.6. The van der Waals surface area contributed by atoms with Gasteiger partial charge in [0, 0.05) is 31.1 Å². The van der Waals surface area contributed by atoms with Crippen molar-refractivity contribution in [1.29, 1.82) is 0 Å². The Morgan fingerprint density at radius 1 is 1.05 bits per heavy atom. The van der Waals surface area contributed by atoms with Gasteiger partial charge < -0.3 is 10.2 Å². The largest absolute Gasteiger partial charge is 0.354 e. The number of aryl methyl sites for hydroxylation is 1. The maximum Gasteiger partial charge on any atom is 0.242 e. The Labute approximate surface area is 227 Å². The van der Waals surface area contributed by atoms with Crippen LogP contribution in [-0.2, 0) is 26.2 Å². The van der Waals surface area contributed by atoms with Gasteiger partial charge in [-0.05, 0) is 67.5 Å². The van der Waals surface area contributed by atoms with E-state index in [0.717, 1.165) is 16.7 Å². The molecule has 0 spiro atoms. The summed E-state index contributed by atoms with van der Waals surface area (Å²) in [6.07, 6.45) is 2.07. The number of halogens is 1. The summed E-state index contributed by atoms with van der Waals surface area (Å²) in [6.45, 7) is 10.7. The van der Waals surface area contributed by atoms with Crippen molar-refractivity contribution >= 4 is 39.1 Å². The number of carbonyl (C=O) groups is 2. The van der Waals surface area contributed by atoms with Crippen molar-refractivity contribution in [3.05, 3.63) is 64.2 Å². The number of rotatable bonds is 13. The van der Waals surface area contributed by atoms with Gasteiger partial charge >= 0.3 is 0 Å². The van der Waals surface area contributed by atoms with Gasteiger partial charge in [-0.25, -0.2) is 8.42 Å². The van der Waals surface area contributed by atoms with Gasteiger partial charge in [-0.3, -0.25) is 13.9 Å². The second-order valence-electron chi connectivity index (χ2n) is 9.87. The van der Waals surface area contributed by atoms with E-state index in [9.17, 15) is 18.0 Å². The van der Waals surface area contributed by atoms with Crippen LogP contribution in [0.2, 0.25) is 5.02 Å². The molecular weight excluding hydrogens is 510 g/mol. The third-order valence-corrected chi connectivity index (χ3v) is 7.77. The maximum absolute atomic E-state index is 13.5. The number of nitrogens with zero attached hydrogens (tertiary/aromatic N) is 2. The molecule has 1 atom stereocenters. The third kappa shape index (κ3) is 9.04. The molecule has 0 unspecified atom stereocenters. The minimum atomic E-state index is -3.55. The molecule has 0 aliphatic heterocycles. The van der Waals surface area contributed by atoms with Gasteiger partial charge in [-0.15, -0.1) is 0 Å². The van der Waals surface area contributed by atoms with Crippen molar-refractivity contribution in [2.45, 2.75) is 66.5 Å². The van der Waals surface area contributed by atoms with Crippen LogP contribution in [0.25, 0.3) is 0 Å². The van der Waals surface area contributed by atoms with Crippen LogP contribution in [0.5, 0.6) is 0 Å². The fraction of sp³-hybridized carbons (Fsp3) is 0.500. The molecule has 2 aromatic rings. The molecular formula is C28H40ClN3O4S. The van der Waals surface area contributed by atoms with Gasteiger partial charge in [-0.1, -0.05) is 56.6 Å². The maximum atomic E-state index is 13.5. The minimum Gasteiger partial charge on any atom is -0.354 e. The minimum absolute atomic E-state index is 0.110. The molecule has 7 nitrogen and oxygen atoms in total. The highest BCUT2D eigenvalue weighted by atomic mass is 35.5. The van der Waals surface area contributed by atoms with Crippen LogP contribution in [0, 0.1) is 19.8 Å². The highest BCUT2D eigenvalue weighted by molar-refractivity contribution is 7.92. The number of hydrogen-bond acceptors (Lipinski definition) is 4. The number of sulfonamides is 1. The van der Waals surface area contributed by atoms with Gasteiger partial charge in [0.1, 0.15) is 6.04 Å². The third-order valence-electron chi connectivity index (χ3n) is 6.33. The second kappa shape index (κ2) is 13.8. The van der Waals surface area contributed by atoms with Gasteiger partial charge in [0.15, 0.2) is 0 Å². The molecule has 2 rings (SSSR count). The van der Waals surface area contributed by atoms with E-state index in [4.69, 9.17) is 11.6 Å². The summed E-state index contributed by atoms with van der Waals surface area (Å²) in [7, 11) is -3.55. The fourth-order valence-corrected chi connectivity index (χ4v) is 5.26. The normalized spacial score (nSPS) is 12.3. The predicted molar refractivity (Wildman–Crippen MR) is 151 cm³/mol. The zero-order valence-corrected chi connectivity index (χ0v) is 24.3. The number of hydrogen-bond donors (Lipinski definition) is 1. The number of anilines is 1. The lowest BCUT2D eigenvalue weighted by molar-refractivity contribution is -0.141. The molecule has 1 N–H and O–H groups in total. The van der Waals surface area contributed by atoms with E-state index in [2.05, 4.69) is 5.32 Å². The van der Waals surface area contributed by atoms with Crippen molar-refractivity contribution in [3.8, 4) is 0 Å². The highest BCUT2D eigenvalue weighted by Gasteiger charge is 2.29. The Balaban J connectivity index is 2.24. The first-order chi connectivity index (χ1) is 17.3. The molecule has 0 bridgehead atoms. The number of amides is 2. The van der Waals surface area contributed by atoms with Crippen molar-refractivity contribution in [2.24, 2.45) is 5.92 Å². The first kappa shape index (κ1) is 30.6. The molecule has 0 fully saturated rings. The van der Waals surface area contributed by atoms with Gasteiger partial charge in [-0.2, -0.15) is 0 Å². The van der Waals surface area contributed by atoms with E-state index >= 15 is 0 Å². The van der Waals surface area contributed by atoms with Crippen molar-refractivity contribution in [1.82, 2.24) is 10.2 Å². The molecule has 0 aliphatic carbocycles. The molecule has 2 amide bonds. The highest BCUT2D eigenvalue weighted by Crippen LogP contribution is 2.25. The topological polar surface area (TPSA) is 86.8 Å². The first-order valence-electron chi connectivity index (χ1n) is 12.7. The van der Waals surface area contributed by atoms with E-state index in [1.165, 1.54) is 10.6 Å². The number of nitrogens with one attached hydrogen (secondary N) is 1. The smallest absolute Gasteiger partial charge is 0.242 e. The number of benzene rings is 2. The van der Waals surface area contributed by atoms with Crippen LogP contribution in [0.4, 0.5) is 5.69 Å². The summed E-state index contributed by atoms with van der Waals surface area (Å²) in [5, 5.41) is 3.54. The predicted octanol–water partition coefficient (Wildman–Crippen LogP) is 5.08. The van der Waals surface area contributed by atoms with Crippen LogP contribution in [0.1, 0.15) is 56.7 Å². The molecule has 0 saturated carbocycles. The van der Waals surface area contributed by atoms with Gasteiger partial charge in [0.2, 0.25) is 21.8 Å². The Kier molecular flexibility index (Phi) is 11.4. The monoisotopic (exact) mass is 549 g/mol. The molecule has 0 aliphatic rings. The average molecular weight is 550 g/mol. The van der Waals surface area contributed by atoms with Crippen molar-refractivity contribution in [2.75, 3.05) is 23.7 Å². The summed E-state index contributed by atoms with van der Waals surface area (Å²) in [4.78, 5) is 28.1. The van der Waals surface area contributed by atoms with Gasteiger partial charge in [0.25, 0.3) is 0 Å². The van der Waals surface area contributed by atoms with Crippen LogP contribution < -0.4 is 9.62 Å². The molecule has 0 heterocycles. The van der Waals surface area contributed by atoms with Crippen LogP contribution in [0.15, 0.2) is 42.5 Å². The fourth-order valence-electron chi connectivity index (χ4n) is 4.12. The standard InChI is InChI=1S/C28H40ClN3O4S/c1-7-25(28(34)30-18-20(2)3)31(19-23-13-15-24(29)16-14-23)27(33)12-9-17-32(37(6,35)36)26-11-8-10-21(4)22(26)5/h8,10-11,13-16,20,25H,7,9,12,17-19H2,1-6H3,(H,30,34)/t25-/m0/s1. The van der Waals surface area contributed by atoms with E-state index in [1.54, 1.807) is 23.1 Å². The average Bonchev–Trinajstić information content (AvgIpc) is 2.82. The first-order valence-corrected chi connectivity index (χ1v) is 14.9. The Morgan fingerprint density at radius 2 is 1.70 bits per heavy atom. The molecule has 2 aromatic carbocycles. The molecule has 204 valence electrons. The Morgan fingerprint density at radius 3 is 2.27 bits per heavy atom. The summed E-state index contributed by atoms with van der Waals surface area (Å²) in [5.41, 5.74) is 3.36. The van der Waals surface area contributed by atoms with Crippen molar-refractivity contribution in [3.63, 3.8) is 0 Å². The lowest BCUT2D eigenvalue weighted by atomic mass is 10.1. The molecule has 0 saturated heterocycles. The lowest BCUT2D eigenvalue weighted by Gasteiger charge is -2.31.